The van der Waals surface area contributed by atoms with E-state index in [1.807, 2.05) is 0 Å². The highest BCUT2D eigenvalue weighted by Crippen LogP contribution is 2.31. The number of nitrogen functional groups attached to an aromatic ring is 1. The van der Waals surface area contributed by atoms with E-state index in [-0.39, 0.29) is 21.3 Å². The van der Waals surface area contributed by atoms with Gasteiger partial charge < -0.3 is 5.73 Å². The Balaban J connectivity index is 2.57. The average molecular weight is 329 g/mol. The fraction of sp³-hybridized carbons (Fsp3) is 0.143. The maximum atomic E-state index is 13.7. The van der Waals surface area contributed by atoms with E-state index in [0.717, 1.165) is 11.6 Å². The second kappa shape index (κ2) is 5.54. The molecular weight excluding hydrogens is 315 g/mol. The van der Waals surface area contributed by atoms with Gasteiger partial charge in [0.2, 0.25) is 0 Å². The maximum Gasteiger partial charge on any atom is 0.264 e. The minimum atomic E-state index is -4.04. The Hall–Kier alpha value is -1.79. The molecule has 0 aliphatic rings. The molecule has 2 aromatic carbocycles. The molecule has 7 heteroatoms. The summed E-state index contributed by atoms with van der Waals surface area (Å²) in [6.07, 6.45) is 0. The minimum absolute atomic E-state index is 0.0255. The molecule has 0 fully saturated rings. The number of para-hydroxylation sites is 1. The molecule has 0 saturated carbocycles. The predicted octanol–water partition coefficient (Wildman–Crippen LogP) is 3.48. The van der Waals surface area contributed by atoms with E-state index in [4.69, 9.17) is 17.3 Å². The van der Waals surface area contributed by atoms with Crippen LogP contribution in [0.5, 0.6) is 0 Å². The van der Waals surface area contributed by atoms with Crippen molar-refractivity contribution in [3.8, 4) is 0 Å². The molecule has 112 valence electrons. The van der Waals surface area contributed by atoms with Crippen LogP contribution in [-0.2, 0) is 10.0 Å². The third-order valence-corrected chi connectivity index (χ3v) is 5.04. The van der Waals surface area contributed by atoms with Gasteiger partial charge in [-0.15, -0.1) is 0 Å². The van der Waals surface area contributed by atoms with Crippen molar-refractivity contribution >= 4 is 33.0 Å². The van der Waals surface area contributed by atoms with Crippen LogP contribution in [-0.4, -0.2) is 8.42 Å². The number of nitrogens with two attached hydrogens (primary N) is 1. The van der Waals surface area contributed by atoms with Gasteiger partial charge in [0.05, 0.1) is 10.7 Å². The molecule has 0 radical (unpaired) electrons. The lowest BCUT2D eigenvalue weighted by Gasteiger charge is -2.15. The van der Waals surface area contributed by atoms with Crippen molar-refractivity contribution in [2.24, 2.45) is 0 Å². The Labute approximate surface area is 127 Å². The number of halogens is 2. The number of benzene rings is 2. The molecular formula is C14H14ClFN2O2S. The van der Waals surface area contributed by atoms with Gasteiger partial charge >= 0.3 is 0 Å². The minimum Gasteiger partial charge on any atom is -0.398 e. The quantitative estimate of drug-likeness (QED) is 0.847. The lowest BCUT2D eigenvalue weighted by molar-refractivity contribution is 0.598. The Kier molecular flexibility index (Phi) is 4.11. The zero-order chi connectivity index (χ0) is 15.8. The zero-order valence-corrected chi connectivity index (χ0v) is 13.0. The van der Waals surface area contributed by atoms with Gasteiger partial charge in [0.15, 0.2) is 0 Å². The van der Waals surface area contributed by atoms with Crippen molar-refractivity contribution in [3.63, 3.8) is 0 Å². The number of nitrogens with one attached hydrogen (secondary N) is 1. The molecule has 0 aliphatic carbocycles. The van der Waals surface area contributed by atoms with Crippen LogP contribution in [0.4, 0.5) is 15.8 Å². The average Bonchev–Trinajstić information content (AvgIpc) is 2.39. The van der Waals surface area contributed by atoms with Crippen LogP contribution in [0.2, 0.25) is 5.02 Å². The molecule has 0 spiro atoms. The molecule has 0 heterocycles. The van der Waals surface area contributed by atoms with E-state index in [1.165, 1.54) is 18.2 Å². The molecule has 21 heavy (non-hydrogen) atoms. The number of aryl methyl sites for hydroxylation is 1. The summed E-state index contributed by atoms with van der Waals surface area (Å²) in [5, 5.41) is -0.0255. The van der Waals surface area contributed by atoms with Crippen LogP contribution in [0.15, 0.2) is 35.2 Å². The van der Waals surface area contributed by atoms with Crippen LogP contribution in [0.1, 0.15) is 11.1 Å². The van der Waals surface area contributed by atoms with Gasteiger partial charge in [-0.05, 0) is 43.2 Å². The first kappa shape index (κ1) is 15.6. The van der Waals surface area contributed by atoms with Crippen molar-refractivity contribution < 1.29 is 12.8 Å². The highest BCUT2D eigenvalue weighted by Gasteiger charge is 2.23. The van der Waals surface area contributed by atoms with Crippen LogP contribution in [0.3, 0.4) is 0 Å². The first-order valence-corrected chi connectivity index (χ1v) is 7.92. The highest BCUT2D eigenvalue weighted by atomic mass is 35.5. The lowest BCUT2D eigenvalue weighted by Crippen LogP contribution is -2.17. The van der Waals surface area contributed by atoms with Crippen LogP contribution >= 0.6 is 11.6 Å². The molecule has 2 rings (SSSR count). The second-order valence-electron chi connectivity index (χ2n) is 4.63. The van der Waals surface area contributed by atoms with Gasteiger partial charge in [-0.25, -0.2) is 12.8 Å². The predicted molar refractivity (Wildman–Crippen MR) is 82.5 cm³/mol. The molecule has 4 nitrogen and oxygen atoms in total. The summed E-state index contributed by atoms with van der Waals surface area (Å²) in [5.41, 5.74) is 6.84. The van der Waals surface area contributed by atoms with Crippen LogP contribution in [0.25, 0.3) is 0 Å². The van der Waals surface area contributed by atoms with Crippen molar-refractivity contribution in [1.82, 2.24) is 0 Å². The highest BCUT2D eigenvalue weighted by molar-refractivity contribution is 7.93. The van der Waals surface area contributed by atoms with Gasteiger partial charge in [-0.2, -0.15) is 0 Å². The summed E-state index contributed by atoms with van der Waals surface area (Å²) in [5.74, 6) is -0.755. The third kappa shape index (κ3) is 2.96. The van der Waals surface area contributed by atoms with E-state index in [0.29, 0.717) is 5.56 Å². The van der Waals surface area contributed by atoms with E-state index in [2.05, 4.69) is 4.72 Å². The number of sulfonamides is 1. The summed E-state index contributed by atoms with van der Waals surface area (Å²) >= 11 is 5.84. The number of anilines is 2. The van der Waals surface area contributed by atoms with E-state index >= 15 is 0 Å². The van der Waals surface area contributed by atoms with Crippen molar-refractivity contribution in [2.75, 3.05) is 10.5 Å². The van der Waals surface area contributed by atoms with Gasteiger partial charge in [-0.1, -0.05) is 23.7 Å². The molecule has 0 aliphatic heterocycles. The van der Waals surface area contributed by atoms with Gasteiger partial charge in [0.1, 0.15) is 16.4 Å². The second-order valence-corrected chi connectivity index (χ2v) is 6.65. The third-order valence-electron chi connectivity index (χ3n) is 3.18. The number of hydrogen-bond acceptors (Lipinski definition) is 3. The van der Waals surface area contributed by atoms with Gasteiger partial charge in [0.25, 0.3) is 10.0 Å². The van der Waals surface area contributed by atoms with E-state index in [1.54, 1.807) is 19.9 Å². The van der Waals surface area contributed by atoms with Crippen molar-refractivity contribution in [2.45, 2.75) is 18.7 Å². The van der Waals surface area contributed by atoms with E-state index in [9.17, 15) is 12.8 Å². The summed E-state index contributed by atoms with van der Waals surface area (Å²) in [6.45, 7) is 3.41. The first-order valence-electron chi connectivity index (χ1n) is 6.06. The van der Waals surface area contributed by atoms with Crippen LogP contribution in [0, 0.1) is 19.7 Å². The Morgan fingerprint density at radius 1 is 1.19 bits per heavy atom. The molecule has 0 atom stereocenters. The SMILES string of the molecule is Cc1ccc(N)c(S(=O)(=O)Nc2c(F)cccc2Cl)c1C. The topological polar surface area (TPSA) is 72.2 Å². The molecule has 0 saturated heterocycles. The fourth-order valence-electron chi connectivity index (χ4n) is 1.95. The zero-order valence-electron chi connectivity index (χ0n) is 11.4. The standard InChI is InChI=1S/C14H14ClFN2O2S/c1-8-6-7-12(17)14(9(8)2)21(19,20)18-13-10(15)4-3-5-11(13)16/h3-7,18H,17H2,1-2H3. The molecule has 3 N–H and O–H groups in total. The van der Waals surface area contributed by atoms with Gasteiger partial charge in [-0.3, -0.25) is 4.72 Å². The maximum absolute atomic E-state index is 13.7. The normalized spacial score (nSPS) is 11.4. The Bertz CT molecular complexity index is 787. The smallest absolute Gasteiger partial charge is 0.264 e. The van der Waals surface area contributed by atoms with E-state index < -0.39 is 15.8 Å². The molecule has 0 unspecified atom stereocenters. The Morgan fingerprint density at radius 3 is 2.48 bits per heavy atom. The molecule has 2 aromatic rings. The summed E-state index contributed by atoms with van der Waals surface area (Å²) < 4.78 is 40.9. The molecule has 0 aromatic heterocycles. The number of hydrogen-bond donors (Lipinski definition) is 2. The first-order chi connectivity index (χ1) is 9.74. The van der Waals surface area contributed by atoms with Crippen molar-refractivity contribution in [1.29, 1.82) is 0 Å². The van der Waals surface area contributed by atoms with Crippen molar-refractivity contribution in [3.05, 3.63) is 52.3 Å². The summed E-state index contributed by atoms with van der Waals surface area (Å²) in [4.78, 5) is -0.0678. The van der Waals surface area contributed by atoms with Crippen LogP contribution < -0.4 is 10.5 Å². The number of rotatable bonds is 3. The Morgan fingerprint density at radius 2 is 1.86 bits per heavy atom. The lowest BCUT2D eigenvalue weighted by atomic mass is 10.1. The summed E-state index contributed by atoms with van der Waals surface area (Å²) in [7, 11) is -4.04. The molecule has 0 amide bonds. The summed E-state index contributed by atoms with van der Waals surface area (Å²) in [6, 6.07) is 7.13. The molecule has 0 bridgehead atoms. The van der Waals surface area contributed by atoms with Gasteiger partial charge in [0, 0.05) is 0 Å². The monoisotopic (exact) mass is 328 g/mol. The fourth-order valence-corrected chi connectivity index (χ4v) is 3.74. The largest absolute Gasteiger partial charge is 0.398 e.